The van der Waals surface area contributed by atoms with Crippen LogP contribution in [0.4, 0.5) is 9.59 Å². The van der Waals surface area contributed by atoms with E-state index in [1.165, 1.54) is 19.3 Å². The molecule has 0 saturated carbocycles. The Bertz CT molecular complexity index is 390. The average Bonchev–Trinajstić information content (AvgIpc) is 2.24. The van der Waals surface area contributed by atoms with Crippen molar-refractivity contribution in [2.45, 2.75) is 64.6 Å². The van der Waals surface area contributed by atoms with Crippen LogP contribution in [0.25, 0.3) is 0 Å². The lowest BCUT2D eigenvalue weighted by Crippen LogP contribution is -2.63. The molecule has 0 fully saturated rings. The Morgan fingerprint density at radius 1 is 1.00 bits per heavy atom. The van der Waals surface area contributed by atoms with E-state index in [-0.39, 0.29) is 11.8 Å². The smallest absolute Gasteiger partial charge is 0.376 e. The fourth-order valence-corrected chi connectivity index (χ4v) is 14.0. The molecule has 0 radical (unpaired) electrons. The van der Waals surface area contributed by atoms with Crippen LogP contribution in [0.15, 0.2) is 12.2 Å². The third-order valence-electron chi connectivity index (χ3n) is 3.23. The summed E-state index contributed by atoms with van der Waals surface area (Å²) in [6.07, 6.45) is 8.69. The SMILES string of the molecule is C[Si](C)(C)N(C1CC=CCC1)[Si](C)(C)C.O=C(O)SC(=O)O. The molecule has 0 aromatic rings. The van der Waals surface area contributed by atoms with E-state index in [2.05, 4.69) is 55.7 Å². The molecule has 128 valence electrons. The summed E-state index contributed by atoms with van der Waals surface area (Å²) in [6.45, 7) is 15.0. The third kappa shape index (κ3) is 8.77. The quantitative estimate of drug-likeness (QED) is 0.534. The van der Waals surface area contributed by atoms with Crippen LogP contribution in [0.5, 0.6) is 0 Å². The predicted octanol–water partition coefficient (Wildman–Crippen LogP) is 5.14. The summed E-state index contributed by atoms with van der Waals surface area (Å²) < 4.78 is 2.96. The number of thioether (sulfide) groups is 1. The summed E-state index contributed by atoms with van der Waals surface area (Å²) in [4.78, 5) is 18.8. The first kappa shape index (κ1) is 21.4. The molecule has 5 nitrogen and oxygen atoms in total. The van der Waals surface area contributed by atoms with Gasteiger partial charge in [0.25, 0.3) is 0 Å². The van der Waals surface area contributed by atoms with Gasteiger partial charge in [0, 0.05) is 6.04 Å². The fraction of sp³-hybridized carbons (Fsp3) is 0.714. The zero-order valence-corrected chi connectivity index (χ0v) is 17.2. The molecule has 0 aliphatic heterocycles. The standard InChI is InChI=1S/C12H27NSi2.C2H2O4S/c1-14(2,3)13(15(4,5)6)12-10-8-7-9-11-12;3-1(4)7-2(5)6/h7-8,12H,9-11H2,1-6H3;(H,3,4)(H,5,6). The molecule has 1 aliphatic rings. The van der Waals surface area contributed by atoms with Crippen LogP contribution >= 0.6 is 11.8 Å². The minimum absolute atomic E-state index is 0.157. The van der Waals surface area contributed by atoms with E-state index in [9.17, 15) is 9.59 Å². The van der Waals surface area contributed by atoms with Crippen molar-refractivity contribution in [2.75, 3.05) is 0 Å². The van der Waals surface area contributed by atoms with E-state index in [1.54, 1.807) is 0 Å². The second-order valence-electron chi connectivity index (χ2n) is 7.28. The number of nitrogens with zero attached hydrogens (tertiary/aromatic N) is 1. The molecule has 0 aromatic carbocycles. The minimum atomic E-state index is -1.40. The Balaban J connectivity index is 0.000000534. The molecule has 0 saturated heterocycles. The summed E-state index contributed by atoms with van der Waals surface area (Å²) in [7, 11) is -2.30. The van der Waals surface area contributed by atoms with Gasteiger partial charge in [-0.1, -0.05) is 51.4 Å². The van der Waals surface area contributed by atoms with Crippen molar-refractivity contribution in [3.63, 3.8) is 0 Å². The molecular weight excluding hydrogens is 334 g/mol. The molecule has 1 atom stereocenters. The van der Waals surface area contributed by atoms with Gasteiger partial charge in [-0.15, -0.1) is 0 Å². The van der Waals surface area contributed by atoms with Gasteiger partial charge in [-0.2, -0.15) is 0 Å². The first-order chi connectivity index (χ1) is 9.85. The van der Waals surface area contributed by atoms with Gasteiger partial charge in [0.15, 0.2) is 0 Å². The van der Waals surface area contributed by atoms with Crippen LogP contribution in [0.2, 0.25) is 39.3 Å². The number of hydrogen-bond donors (Lipinski definition) is 2. The van der Waals surface area contributed by atoms with E-state index in [0.717, 1.165) is 6.04 Å². The van der Waals surface area contributed by atoms with Crippen molar-refractivity contribution in [1.29, 1.82) is 0 Å². The Labute approximate surface area is 140 Å². The van der Waals surface area contributed by atoms with Crippen molar-refractivity contribution in [3.8, 4) is 0 Å². The zero-order chi connectivity index (χ0) is 17.6. The van der Waals surface area contributed by atoms with Crippen LogP contribution in [0, 0.1) is 0 Å². The van der Waals surface area contributed by atoms with Gasteiger partial charge in [0.2, 0.25) is 0 Å². The van der Waals surface area contributed by atoms with Gasteiger partial charge in [-0.05, 0) is 19.3 Å². The maximum absolute atomic E-state index is 9.39. The monoisotopic (exact) mass is 363 g/mol. The molecule has 1 rings (SSSR count). The molecule has 0 spiro atoms. The topological polar surface area (TPSA) is 77.8 Å². The second-order valence-corrected chi connectivity index (χ2v) is 18.3. The summed E-state index contributed by atoms with van der Waals surface area (Å²) in [5.74, 6) is 0. The normalized spacial score (nSPS) is 18.6. The van der Waals surface area contributed by atoms with Crippen molar-refractivity contribution >= 4 is 38.8 Å². The van der Waals surface area contributed by atoms with Crippen molar-refractivity contribution in [3.05, 3.63) is 12.2 Å². The molecule has 22 heavy (non-hydrogen) atoms. The van der Waals surface area contributed by atoms with E-state index in [4.69, 9.17) is 10.2 Å². The Kier molecular flexibility index (Phi) is 8.67. The Hall–Kier alpha value is -0.576. The van der Waals surface area contributed by atoms with Crippen LogP contribution < -0.4 is 0 Å². The Morgan fingerprint density at radius 3 is 1.68 bits per heavy atom. The predicted molar refractivity (Wildman–Crippen MR) is 99.0 cm³/mol. The van der Waals surface area contributed by atoms with Gasteiger partial charge in [-0.25, -0.2) is 9.59 Å². The minimum Gasteiger partial charge on any atom is -0.473 e. The van der Waals surface area contributed by atoms with E-state index in [1.807, 2.05) is 0 Å². The highest BCUT2D eigenvalue weighted by Gasteiger charge is 2.38. The number of rotatable bonds is 3. The summed E-state index contributed by atoms with van der Waals surface area (Å²) in [5.41, 5.74) is 0. The van der Waals surface area contributed by atoms with Gasteiger partial charge >= 0.3 is 10.6 Å². The first-order valence-corrected chi connectivity index (χ1v) is 15.1. The number of carboxylic acid groups (broad SMARTS) is 2. The van der Waals surface area contributed by atoms with Crippen LogP contribution in [0.1, 0.15) is 19.3 Å². The molecule has 0 aromatic heterocycles. The van der Waals surface area contributed by atoms with Crippen LogP contribution in [-0.2, 0) is 0 Å². The Morgan fingerprint density at radius 2 is 1.45 bits per heavy atom. The third-order valence-corrected chi connectivity index (χ3v) is 11.2. The highest BCUT2D eigenvalue weighted by molar-refractivity contribution is 8.25. The largest absolute Gasteiger partial charge is 0.473 e. The molecule has 1 unspecified atom stereocenters. The van der Waals surface area contributed by atoms with E-state index in [0.29, 0.717) is 0 Å². The lowest BCUT2D eigenvalue weighted by Gasteiger charge is -2.49. The van der Waals surface area contributed by atoms with Gasteiger partial charge < -0.3 is 14.4 Å². The molecule has 8 heteroatoms. The number of carbonyl (C=O) groups is 2. The molecular formula is C14H29NO4SSi2. The maximum Gasteiger partial charge on any atom is 0.376 e. The summed E-state index contributed by atoms with van der Waals surface area (Å²) >= 11 is -0.157. The van der Waals surface area contributed by atoms with Crippen molar-refractivity contribution in [1.82, 2.24) is 4.23 Å². The molecule has 1 aliphatic carbocycles. The first-order valence-electron chi connectivity index (χ1n) is 7.44. The fourth-order valence-electron chi connectivity index (χ4n) is 3.19. The molecule has 0 bridgehead atoms. The van der Waals surface area contributed by atoms with Gasteiger partial charge in [-0.3, -0.25) is 0 Å². The lowest BCUT2D eigenvalue weighted by atomic mass is 10.0. The lowest BCUT2D eigenvalue weighted by molar-refractivity contribution is 0.217. The van der Waals surface area contributed by atoms with Crippen LogP contribution in [-0.4, -0.2) is 47.6 Å². The summed E-state index contributed by atoms with van der Waals surface area (Å²) in [6, 6.07) is 0.841. The molecule has 0 amide bonds. The highest BCUT2D eigenvalue weighted by atomic mass is 32.2. The number of allylic oxidation sites excluding steroid dienone is 1. The van der Waals surface area contributed by atoms with E-state index >= 15 is 0 Å². The average molecular weight is 364 g/mol. The van der Waals surface area contributed by atoms with Gasteiger partial charge in [0.05, 0.1) is 11.8 Å². The number of hydrogen-bond acceptors (Lipinski definition) is 4. The molecule has 2 N–H and O–H groups in total. The second kappa shape index (κ2) is 8.90. The highest BCUT2D eigenvalue weighted by Crippen LogP contribution is 2.28. The van der Waals surface area contributed by atoms with Crippen LogP contribution in [0.3, 0.4) is 0 Å². The summed E-state index contributed by atoms with van der Waals surface area (Å²) in [5, 5.41) is 12.5. The van der Waals surface area contributed by atoms with Crippen molar-refractivity contribution in [2.24, 2.45) is 0 Å². The molecule has 0 heterocycles. The van der Waals surface area contributed by atoms with E-state index < -0.39 is 27.1 Å². The van der Waals surface area contributed by atoms with Crippen molar-refractivity contribution < 1.29 is 19.8 Å². The maximum atomic E-state index is 9.39. The van der Waals surface area contributed by atoms with Gasteiger partial charge in [0.1, 0.15) is 16.5 Å². The zero-order valence-electron chi connectivity index (χ0n) is 14.4.